The normalized spacial score (nSPS) is 10.3. The molecule has 0 fully saturated rings. The third kappa shape index (κ3) is 4.01. The fraction of sp³-hybridized carbons (Fsp3) is 0.600. The van der Waals surface area contributed by atoms with Crippen molar-refractivity contribution in [1.29, 1.82) is 0 Å². The van der Waals surface area contributed by atoms with Crippen LogP contribution in [-0.4, -0.2) is 37.3 Å². The van der Waals surface area contributed by atoms with Gasteiger partial charge in [0.15, 0.2) is 0 Å². The van der Waals surface area contributed by atoms with E-state index in [4.69, 9.17) is 16.3 Å². The Morgan fingerprint density at radius 3 is 2.60 bits per heavy atom. The molecule has 1 rings (SSSR count). The fourth-order valence-electron chi connectivity index (χ4n) is 1.16. The van der Waals surface area contributed by atoms with E-state index < -0.39 is 0 Å². The highest BCUT2D eigenvalue weighted by Gasteiger charge is 2.03. The van der Waals surface area contributed by atoms with Gasteiger partial charge < -0.3 is 9.64 Å². The summed E-state index contributed by atoms with van der Waals surface area (Å²) in [6, 6.07) is 0. The first-order valence-electron chi connectivity index (χ1n) is 4.85. The average molecular weight is 230 g/mol. The number of hydrogen-bond acceptors (Lipinski definition) is 4. The van der Waals surface area contributed by atoms with E-state index in [0.29, 0.717) is 5.88 Å². The Balaban J connectivity index is 2.46. The zero-order chi connectivity index (χ0) is 11.1. The number of rotatable bonds is 6. The van der Waals surface area contributed by atoms with E-state index in [2.05, 4.69) is 9.97 Å². The van der Waals surface area contributed by atoms with Crippen LogP contribution >= 0.6 is 11.6 Å². The molecule has 0 atom stereocenters. The zero-order valence-corrected chi connectivity index (χ0v) is 9.87. The molecule has 0 radical (unpaired) electrons. The van der Waals surface area contributed by atoms with E-state index >= 15 is 0 Å². The molecule has 1 heterocycles. The molecular formula is C10H16ClN3O. The van der Waals surface area contributed by atoms with Crippen LogP contribution < -0.4 is 4.90 Å². The molecule has 0 amide bonds. The van der Waals surface area contributed by atoms with E-state index in [-0.39, 0.29) is 0 Å². The highest BCUT2D eigenvalue weighted by molar-refractivity contribution is 6.17. The van der Waals surface area contributed by atoms with Gasteiger partial charge in [0.1, 0.15) is 0 Å². The van der Waals surface area contributed by atoms with Gasteiger partial charge in [-0.05, 0) is 6.42 Å². The molecule has 1 aromatic heterocycles. The molecule has 0 aliphatic heterocycles. The summed E-state index contributed by atoms with van der Waals surface area (Å²) in [5, 5.41) is 0. The monoisotopic (exact) mass is 229 g/mol. The molecule has 0 spiro atoms. The number of nitrogens with zero attached hydrogens (tertiary/aromatic N) is 3. The Morgan fingerprint density at radius 2 is 2.07 bits per heavy atom. The van der Waals surface area contributed by atoms with Crippen molar-refractivity contribution < 1.29 is 4.74 Å². The van der Waals surface area contributed by atoms with Crippen molar-refractivity contribution in [2.45, 2.75) is 12.3 Å². The SMILES string of the molecule is COCCCN(C)c1ncc(CCl)cn1. The zero-order valence-electron chi connectivity index (χ0n) is 9.11. The van der Waals surface area contributed by atoms with Crippen LogP contribution in [-0.2, 0) is 10.6 Å². The third-order valence-corrected chi connectivity index (χ3v) is 2.34. The van der Waals surface area contributed by atoms with Crippen LogP contribution in [0.5, 0.6) is 0 Å². The van der Waals surface area contributed by atoms with E-state index in [1.54, 1.807) is 19.5 Å². The minimum Gasteiger partial charge on any atom is -0.385 e. The summed E-state index contributed by atoms with van der Waals surface area (Å²) in [4.78, 5) is 10.4. The van der Waals surface area contributed by atoms with Crippen molar-refractivity contribution in [3.63, 3.8) is 0 Å². The maximum Gasteiger partial charge on any atom is 0.224 e. The number of anilines is 1. The van der Waals surface area contributed by atoms with E-state index in [9.17, 15) is 0 Å². The summed E-state index contributed by atoms with van der Waals surface area (Å²) in [6.07, 6.45) is 4.47. The lowest BCUT2D eigenvalue weighted by molar-refractivity contribution is 0.196. The van der Waals surface area contributed by atoms with Crippen LogP contribution in [0.1, 0.15) is 12.0 Å². The predicted octanol–water partition coefficient (Wildman–Crippen LogP) is 1.69. The van der Waals surface area contributed by atoms with E-state index in [1.807, 2.05) is 11.9 Å². The number of halogens is 1. The molecular weight excluding hydrogens is 214 g/mol. The second-order valence-corrected chi connectivity index (χ2v) is 3.56. The Kier molecular flexibility index (Phi) is 5.36. The van der Waals surface area contributed by atoms with Gasteiger partial charge in [-0.25, -0.2) is 9.97 Å². The Labute approximate surface area is 95.2 Å². The first kappa shape index (κ1) is 12.2. The van der Waals surface area contributed by atoms with Gasteiger partial charge in [-0.3, -0.25) is 0 Å². The van der Waals surface area contributed by atoms with Gasteiger partial charge >= 0.3 is 0 Å². The van der Waals surface area contributed by atoms with Gasteiger partial charge in [-0.1, -0.05) is 0 Å². The highest BCUT2D eigenvalue weighted by atomic mass is 35.5. The average Bonchev–Trinajstić information content (AvgIpc) is 2.29. The van der Waals surface area contributed by atoms with Gasteiger partial charge in [0.2, 0.25) is 5.95 Å². The number of methoxy groups -OCH3 is 1. The van der Waals surface area contributed by atoms with Crippen LogP contribution in [0.2, 0.25) is 0 Å². The van der Waals surface area contributed by atoms with Gasteiger partial charge in [-0.15, -0.1) is 11.6 Å². The summed E-state index contributed by atoms with van der Waals surface area (Å²) in [5.41, 5.74) is 0.936. The lowest BCUT2D eigenvalue weighted by atomic mass is 10.4. The molecule has 0 saturated carbocycles. The molecule has 0 aliphatic carbocycles. The van der Waals surface area contributed by atoms with Gasteiger partial charge in [0, 0.05) is 45.3 Å². The first-order chi connectivity index (χ1) is 7.27. The lowest BCUT2D eigenvalue weighted by Gasteiger charge is -2.16. The molecule has 0 saturated heterocycles. The molecule has 0 aromatic carbocycles. The summed E-state index contributed by atoms with van der Waals surface area (Å²) in [5.74, 6) is 1.17. The van der Waals surface area contributed by atoms with Crippen molar-refractivity contribution in [1.82, 2.24) is 9.97 Å². The van der Waals surface area contributed by atoms with Gasteiger partial charge in [0.05, 0.1) is 5.88 Å². The molecule has 4 nitrogen and oxygen atoms in total. The smallest absolute Gasteiger partial charge is 0.224 e. The third-order valence-electron chi connectivity index (χ3n) is 2.03. The molecule has 0 aliphatic rings. The lowest BCUT2D eigenvalue weighted by Crippen LogP contribution is -2.21. The quantitative estimate of drug-likeness (QED) is 0.550. The largest absolute Gasteiger partial charge is 0.385 e. The van der Waals surface area contributed by atoms with Crippen LogP contribution in [0, 0.1) is 0 Å². The number of alkyl halides is 1. The van der Waals surface area contributed by atoms with Crippen LogP contribution in [0.15, 0.2) is 12.4 Å². The maximum atomic E-state index is 5.65. The van der Waals surface area contributed by atoms with E-state index in [1.165, 1.54) is 0 Å². The topological polar surface area (TPSA) is 38.2 Å². The Bertz CT molecular complexity index is 279. The standard InChI is InChI=1S/C10H16ClN3O/c1-14(4-3-5-15-2)10-12-7-9(6-11)8-13-10/h7-8H,3-6H2,1-2H3. The number of ether oxygens (including phenoxy) is 1. The minimum atomic E-state index is 0.452. The highest BCUT2D eigenvalue weighted by Crippen LogP contribution is 2.06. The molecule has 0 N–H and O–H groups in total. The number of aromatic nitrogens is 2. The van der Waals surface area contributed by atoms with Crippen LogP contribution in [0.3, 0.4) is 0 Å². The molecule has 84 valence electrons. The van der Waals surface area contributed by atoms with Crippen LogP contribution in [0.25, 0.3) is 0 Å². The van der Waals surface area contributed by atoms with Crippen molar-refractivity contribution in [3.05, 3.63) is 18.0 Å². The second-order valence-electron chi connectivity index (χ2n) is 3.29. The molecule has 5 heteroatoms. The summed E-state index contributed by atoms with van der Waals surface area (Å²) >= 11 is 5.65. The van der Waals surface area contributed by atoms with Crippen molar-refractivity contribution >= 4 is 17.5 Å². The van der Waals surface area contributed by atoms with Gasteiger partial charge in [0.25, 0.3) is 0 Å². The number of hydrogen-bond donors (Lipinski definition) is 0. The van der Waals surface area contributed by atoms with Crippen molar-refractivity contribution in [2.24, 2.45) is 0 Å². The molecule has 1 aromatic rings. The first-order valence-corrected chi connectivity index (χ1v) is 5.38. The summed E-state index contributed by atoms with van der Waals surface area (Å²) < 4.78 is 4.98. The Hall–Kier alpha value is -0.870. The molecule has 15 heavy (non-hydrogen) atoms. The molecule has 0 bridgehead atoms. The van der Waals surface area contributed by atoms with Crippen molar-refractivity contribution in [3.8, 4) is 0 Å². The molecule has 0 unspecified atom stereocenters. The maximum absolute atomic E-state index is 5.65. The summed E-state index contributed by atoms with van der Waals surface area (Å²) in [6.45, 7) is 1.64. The second kappa shape index (κ2) is 6.58. The fourth-order valence-corrected chi connectivity index (χ4v) is 1.30. The van der Waals surface area contributed by atoms with Crippen molar-refractivity contribution in [2.75, 3.05) is 32.2 Å². The van der Waals surface area contributed by atoms with Crippen LogP contribution in [0.4, 0.5) is 5.95 Å². The summed E-state index contributed by atoms with van der Waals surface area (Å²) in [7, 11) is 3.66. The Morgan fingerprint density at radius 1 is 1.40 bits per heavy atom. The van der Waals surface area contributed by atoms with Gasteiger partial charge in [-0.2, -0.15) is 0 Å². The minimum absolute atomic E-state index is 0.452. The predicted molar refractivity (Wildman–Crippen MR) is 61.4 cm³/mol. The van der Waals surface area contributed by atoms with E-state index in [0.717, 1.165) is 31.1 Å².